The van der Waals surface area contributed by atoms with Crippen molar-refractivity contribution < 1.29 is 22.4 Å². The van der Waals surface area contributed by atoms with Crippen LogP contribution in [0.3, 0.4) is 0 Å². The molecule has 1 fully saturated rings. The molecule has 1 aromatic carbocycles. The molecule has 1 aromatic rings. The summed E-state index contributed by atoms with van der Waals surface area (Å²) < 4.78 is 51.2. The molecule has 0 atom stereocenters. The number of nitrogens with zero attached hydrogens (tertiary/aromatic N) is 1. The fraction of sp³-hybridized carbons (Fsp3) is 0.462. The van der Waals surface area contributed by atoms with Gasteiger partial charge in [-0.15, -0.1) is 0 Å². The molecule has 0 bridgehead atoms. The van der Waals surface area contributed by atoms with Gasteiger partial charge in [0.25, 0.3) is 5.91 Å². The van der Waals surface area contributed by atoms with Gasteiger partial charge in [-0.2, -0.15) is 13.2 Å². The molecule has 2 rings (SSSR count). The maximum Gasteiger partial charge on any atom is 0.406 e. The molecule has 0 radical (unpaired) electrons. The Kier molecular flexibility index (Phi) is 3.52. The minimum Gasteiger partial charge on any atom is -0.326 e. The monoisotopic (exact) mass is 275 g/mol. The molecule has 0 unspecified atom stereocenters. The minimum atomic E-state index is -4.47. The van der Waals surface area contributed by atoms with Gasteiger partial charge in [0, 0.05) is 6.04 Å². The van der Waals surface area contributed by atoms with Gasteiger partial charge in [0.15, 0.2) is 0 Å². The van der Waals surface area contributed by atoms with Crippen LogP contribution in [0.5, 0.6) is 0 Å². The van der Waals surface area contributed by atoms with Gasteiger partial charge in [0.05, 0.1) is 5.56 Å². The summed E-state index contributed by atoms with van der Waals surface area (Å²) in [5.41, 5.74) is -0.0512. The second-order valence-corrected chi connectivity index (χ2v) is 4.72. The maximum atomic E-state index is 13.8. The fourth-order valence-corrected chi connectivity index (χ4v) is 1.91. The first kappa shape index (κ1) is 13.8. The Hall–Kier alpha value is -1.59. The van der Waals surface area contributed by atoms with Crippen LogP contribution in [0.15, 0.2) is 18.2 Å². The highest BCUT2D eigenvalue weighted by Crippen LogP contribution is 2.32. The predicted molar refractivity (Wildman–Crippen MR) is 61.3 cm³/mol. The van der Waals surface area contributed by atoms with Crippen LogP contribution in [0.1, 0.15) is 28.8 Å². The molecule has 2 nitrogen and oxygen atoms in total. The number of rotatable bonds is 3. The van der Waals surface area contributed by atoms with Crippen molar-refractivity contribution in [2.24, 2.45) is 0 Å². The van der Waals surface area contributed by atoms with E-state index in [1.165, 1.54) is 25.1 Å². The number of carbonyl (C=O) groups excluding carboxylic acids is 1. The van der Waals surface area contributed by atoms with Crippen LogP contribution < -0.4 is 0 Å². The highest BCUT2D eigenvalue weighted by Gasteiger charge is 2.41. The first-order chi connectivity index (χ1) is 8.79. The summed E-state index contributed by atoms with van der Waals surface area (Å²) in [5, 5.41) is 0. The summed E-state index contributed by atoms with van der Waals surface area (Å²) in [5.74, 6) is -1.64. The summed E-state index contributed by atoms with van der Waals surface area (Å²) in [4.78, 5) is 12.8. The summed E-state index contributed by atoms with van der Waals surface area (Å²) in [6, 6.07) is 3.73. The minimum absolute atomic E-state index is 0.244. The van der Waals surface area contributed by atoms with E-state index in [9.17, 15) is 22.4 Å². The zero-order valence-corrected chi connectivity index (χ0v) is 10.3. The number of alkyl halides is 3. The Labute approximate surface area is 108 Å². The van der Waals surface area contributed by atoms with Crippen molar-refractivity contribution in [2.75, 3.05) is 6.54 Å². The average Bonchev–Trinajstić information content (AvgIpc) is 3.12. The molecular formula is C13H13F4NO. The molecule has 0 saturated heterocycles. The van der Waals surface area contributed by atoms with E-state index in [0.717, 1.165) is 4.90 Å². The van der Waals surface area contributed by atoms with E-state index in [2.05, 4.69) is 0 Å². The van der Waals surface area contributed by atoms with E-state index in [-0.39, 0.29) is 11.1 Å². The third-order valence-electron chi connectivity index (χ3n) is 3.02. The molecule has 1 saturated carbocycles. The number of aryl methyl sites for hydroxylation is 1. The largest absolute Gasteiger partial charge is 0.406 e. The molecule has 1 aliphatic carbocycles. The second kappa shape index (κ2) is 4.83. The number of hydrogen-bond donors (Lipinski definition) is 0. The standard InChI is InChI=1S/C13H13F4NO/c1-8-3-2-4-10(11(8)14)12(19)18(9-5-6-9)7-13(15,16)17/h2-4,9H,5-7H2,1H3. The van der Waals surface area contributed by atoms with Gasteiger partial charge < -0.3 is 4.90 Å². The van der Waals surface area contributed by atoms with Gasteiger partial charge >= 0.3 is 6.18 Å². The van der Waals surface area contributed by atoms with Gasteiger partial charge in [-0.3, -0.25) is 4.79 Å². The number of halogens is 4. The average molecular weight is 275 g/mol. The quantitative estimate of drug-likeness (QED) is 0.775. The van der Waals surface area contributed by atoms with Crippen molar-refractivity contribution in [3.63, 3.8) is 0 Å². The molecule has 0 N–H and O–H groups in total. The van der Waals surface area contributed by atoms with Gasteiger partial charge in [0.1, 0.15) is 12.4 Å². The molecule has 0 heterocycles. The molecular weight excluding hydrogens is 262 g/mol. The van der Waals surface area contributed by atoms with Crippen LogP contribution in [0.2, 0.25) is 0 Å². The lowest BCUT2D eigenvalue weighted by atomic mass is 10.1. The van der Waals surface area contributed by atoms with Gasteiger partial charge in [-0.25, -0.2) is 4.39 Å². The SMILES string of the molecule is Cc1cccc(C(=O)N(CC(F)(F)F)C2CC2)c1F. The van der Waals surface area contributed by atoms with Gasteiger partial charge in [-0.1, -0.05) is 12.1 Å². The zero-order valence-electron chi connectivity index (χ0n) is 10.3. The lowest BCUT2D eigenvalue weighted by Gasteiger charge is -2.24. The molecule has 1 amide bonds. The smallest absolute Gasteiger partial charge is 0.326 e. The summed E-state index contributed by atoms with van der Waals surface area (Å²) in [7, 11) is 0. The fourth-order valence-electron chi connectivity index (χ4n) is 1.91. The molecule has 1 aliphatic rings. The van der Waals surface area contributed by atoms with E-state index in [1.54, 1.807) is 0 Å². The van der Waals surface area contributed by atoms with E-state index >= 15 is 0 Å². The lowest BCUT2D eigenvalue weighted by molar-refractivity contribution is -0.141. The summed E-state index contributed by atoms with van der Waals surface area (Å²) in [6.45, 7) is 0.140. The first-order valence-electron chi connectivity index (χ1n) is 5.92. The van der Waals surface area contributed by atoms with Crippen molar-refractivity contribution in [2.45, 2.75) is 32.0 Å². The molecule has 0 aromatic heterocycles. The zero-order chi connectivity index (χ0) is 14.2. The molecule has 0 aliphatic heterocycles. The molecule has 104 valence electrons. The lowest BCUT2D eigenvalue weighted by Crippen LogP contribution is -2.40. The second-order valence-electron chi connectivity index (χ2n) is 4.72. The molecule has 19 heavy (non-hydrogen) atoms. The van der Waals surface area contributed by atoms with Gasteiger partial charge in [0.2, 0.25) is 0 Å². The van der Waals surface area contributed by atoms with E-state index in [0.29, 0.717) is 12.8 Å². The number of hydrogen-bond acceptors (Lipinski definition) is 1. The van der Waals surface area contributed by atoms with Crippen LogP contribution in [-0.2, 0) is 0 Å². The highest BCUT2D eigenvalue weighted by atomic mass is 19.4. The van der Waals surface area contributed by atoms with Crippen molar-refractivity contribution in [1.29, 1.82) is 0 Å². The Morgan fingerprint density at radius 2 is 2.00 bits per heavy atom. The number of benzene rings is 1. The third kappa shape index (κ3) is 3.24. The van der Waals surface area contributed by atoms with Crippen LogP contribution in [0.25, 0.3) is 0 Å². The van der Waals surface area contributed by atoms with E-state index in [1.807, 2.05) is 0 Å². The van der Waals surface area contributed by atoms with Crippen molar-refractivity contribution in [3.05, 3.63) is 35.1 Å². The molecule has 0 spiro atoms. The number of amides is 1. The molecule has 6 heteroatoms. The normalized spacial score (nSPS) is 15.4. The number of carbonyl (C=O) groups is 1. The van der Waals surface area contributed by atoms with E-state index < -0.39 is 30.5 Å². The van der Waals surface area contributed by atoms with Crippen molar-refractivity contribution in [1.82, 2.24) is 4.90 Å². The summed E-state index contributed by atoms with van der Waals surface area (Å²) in [6.07, 6.45) is -3.40. The predicted octanol–water partition coefficient (Wildman–Crippen LogP) is 3.30. The topological polar surface area (TPSA) is 20.3 Å². The Morgan fingerprint density at radius 3 is 2.53 bits per heavy atom. The Morgan fingerprint density at radius 1 is 1.37 bits per heavy atom. The Balaban J connectivity index is 2.27. The summed E-state index contributed by atoms with van der Waals surface area (Å²) >= 11 is 0. The highest BCUT2D eigenvalue weighted by molar-refractivity contribution is 5.95. The Bertz CT molecular complexity index is 494. The van der Waals surface area contributed by atoms with Crippen LogP contribution in [-0.4, -0.2) is 29.6 Å². The van der Waals surface area contributed by atoms with Crippen molar-refractivity contribution >= 4 is 5.91 Å². The van der Waals surface area contributed by atoms with Crippen molar-refractivity contribution in [3.8, 4) is 0 Å². The van der Waals surface area contributed by atoms with Gasteiger partial charge in [-0.05, 0) is 31.4 Å². The maximum absolute atomic E-state index is 13.8. The third-order valence-corrected chi connectivity index (χ3v) is 3.02. The van der Waals surface area contributed by atoms with E-state index in [4.69, 9.17) is 0 Å². The van der Waals surface area contributed by atoms with Crippen LogP contribution >= 0.6 is 0 Å². The van der Waals surface area contributed by atoms with Crippen LogP contribution in [0, 0.1) is 12.7 Å². The van der Waals surface area contributed by atoms with Crippen LogP contribution in [0.4, 0.5) is 17.6 Å². The first-order valence-corrected chi connectivity index (χ1v) is 5.92.